The maximum absolute atomic E-state index is 14.0. The fraction of sp³-hybridized carbons (Fsp3) is 0.500. The van der Waals surface area contributed by atoms with Gasteiger partial charge in [0.25, 0.3) is 5.91 Å². The Labute approximate surface area is 171 Å². The molecule has 1 aromatic carbocycles. The number of piperazine rings is 1. The van der Waals surface area contributed by atoms with Gasteiger partial charge in [0, 0.05) is 38.8 Å². The van der Waals surface area contributed by atoms with Gasteiger partial charge in [0.1, 0.15) is 5.82 Å². The standard InChI is InChI=1S/C22H28FN5O/c1-2-17-7-5-6-12-28(17)22(29)19-10-11-21(25-24-19)27-15-13-26(14-16-27)20-9-4-3-8-18(20)23/h3-4,8-11,17H,2,5-7,12-16H2,1H3. The van der Waals surface area contributed by atoms with Crippen molar-refractivity contribution in [2.24, 2.45) is 0 Å². The molecule has 2 aromatic rings. The van der Waals surface area contributed by atoms with Crippen LogP contribution in [0.15, 0.2) is 36.4 Å². The van der Waals surface area contributed by atoms with Gasteiger partial charge in [0.15, 0.2) is 11.5 Å². The van der Waals surface area contributed by atoms with Crippen LogP contribution in [0.2, 0.25) is 0 Å². The van der Waals surface area contributed by atoms with E-state index in [-0.39, 0.29) is 11.7 Å². The molecule has 4 rings (SSSR count). The van der Waals surface area contributed by atoms with E-state index in [0.717, 1.165) is 57.8 Å². The summed E-state index contributed by atoms with van der Waals surface area (Å²) in [6.45, 7) is 5.84. The maximum Gasteiger partial charge on any atom is 0.274 e. The smallest absolute Gasteiger partial charge is 0.274 e. The zero-order valence-electron chi connectivity index (χ0n) is 16.9. The Morgan fingerprint density at radius 1 is 1.00 bits per heavy atom. The molecule has 2 aliphatic rings. The Hall–Kier alpha value is -2.70. The van der Waals surface area contributed by atoms with Crippen molar-refractivity contribution in [1.29, 1.82) is 0 Å². The number of likely N-dealkylation sites (tertiary alicyclic amines) is 1. The van der Waals surface area contributed by atoms with E-state index in [1.54, 1.807) is 12.1 Å². The van der Waals surface area contributed by atoms with Crippen molar-refractivity contribution < 1.29 is 9.18 Å². The number of rotatable bonds is 4. The Kier molecular flexibility index (Phi) is 5.92. The molecule has 29 heavy (non-hydrogen) atoms. The molecule has 1 unspecified atom stereocenters. The summed E-state index contributed by atoms with van der Waals surface area (Å²) >= 11 is 0. The second-order valence-electron chi connectivity index (χ2n) is 7.76. The number of aromatic nitrogens is 2. The van der Waals surface area contributed by atoms with Gasteiger partial charge in [0.2, 0.25) is 0 Å². The number of anilines is 2. The molecular formula is C22H28FN5O. The Bertz CT molecular complexity index is 835. The van der Waals surface area contributed by atoms with Gasteiger partial charge in [-0.25, -0.2) is 4.39 Å². The molecule has 7 heteroatoms. The number of carbonyl (C=O) groups is 1. The van der Waals surface area contributed by atoms with Gasteiger partial charge in [-0.15, -0.1) is 10.2 Å². The van der Waals surface area contributed by atoms with Crippen LogP contribution in [0.5, 0.6) is 0 Å². The summed E-state index contributed by atoms with van der Waals surface area (Å²) in [5, 5.41) is 8.55. The summed E-state index contributed by atoms with van der Waals surface area (Å²) in [6, 6.07) is 10.9. The number of piperidine rings is 1. The molecule has 0 aliphatic carbocycles. The SMILES string of the molecule is CCC1CCCCN1C(=O)c1ccc(N2CCN(c3ccccc3F)CC2)nn1. The number of amides is 1. The molecule has 0 saturated carbocycles. The van der Waals surface area contributed by atoms with Crippen LogP contribution >= 0.6 is 0 Å². The van der Waals surface area contributed by atoms with Crippen LogP contribution < -0.4 is 9.80 Å². The van der Waals surface area contributed by atoms with Crippen LogP contribution in [0.1, 0.15) is 43.1 Å². The summed E-state index contributed by atoms with van der Waals surface area (Å²) in [4.78, 5) is 19.0. The van der Waals surface area contributed by atoms with Gasteiger partial charge >= 0.3 is 0 Å². The topological polar surface area (TPSA) is 52.6 Å². The van der Waals surface area contributed by atoms with E-state index >= 15 is 0 Å². The zero-order chi connectivity index (χ0) is 20.2. The lowest BCUT2D eigenvalue weighted by molar-refractivity contribution is 0.0600. The van der Waals surface area contributed by atoms with Gasteiger partial charge in [-0.2, -0.15) is 0 Å². The van der Waals surface area contributed by atoms with Crippen molar-refractivity contribution in [3.8, 4) is 0 Å². The second kappa shape index (κ2) is 8.76. The van der Waals surface area contributed by atoms with Crippen LogP contribution in [0.3, 0.4) is 0 Å². The van der Waals surface area contributed by atoms with Crippen LogP contribution in [-0.2, 0) is 0 Å². The summed E-state index contributed by atoms with van der Waals surface area (Å²) in [7, 11) is 0. The summed E-state index contributed by atoms with van der Waals surface area (Å²) in [6.07, 6.45) is 4.29. The molecule has 1 aromatic heterocycles. The second-order valence-corrected chi connectivity index (χ2v) is 7.76. The molecule has 0 N–H and O–H groups in total. The predicted molar refractivity (Wildman–Crippen MR) is 112 cm³/mol. The number of hydrogen-bond acceptors (Lipinski definition) is 5. The normalized spacial score (nSPS) is 20.1. The molecule has 6 nitrogen and oxygen atoms in total. The number of nitrogens with zero attached hydrogens (tertiary/aromatic N) is 5. The third-order valence-electron chi connectivity index (χ3n) is 6.03. The molecule has 0 spiro atoms. The fourth-order valence-corrected chi connectivity index (χ4v) is 4.33. The van der Waals surface area contributed by atoms with E-state index in [1.165, 1.54) is 12.5 Å². The Balaban J connectivity index is 1.39. The highest BCUT2D eigenvalue weighted by Gasteiger charge is 2.27. The minimum absolute atomic E-state index is 0.0139. The third kappa shape index (κ3) is 4.18. The molecule has 154 valence electrons. The van der Waals surface area contributed by atoms with Crippen molar-refractivity contribution in [3.63, 3.8) is 0 Å². The summed E-state index contributed by atoms with van der Waals surface area (Å²) in [5.41, 5.74) is 1.06. The van der Waals surface area contributed by atoms with Gasteiger partial charge in [-0.05, 0) is 49.9 Å². The quantitative estimate of drug-likeness (QED) is 0.792. The molecule has 0 radical (unpaired) electrons. The first-order valence-electron chi connectivity index (χ1n) is 10.6. The third-order valence-corrected chi connectivity index (χ3v) is 6.03. The first kappa shape index (κ1) is 19.6. The average Bonchev–Trinajstić information content (AvgIpc) is 2.79. The molecule has 0 bridgehead atoms. The molecule has 2 saturated heterocycles. The lowest BCUT2D eigenvalue weighted by Gasteiger charge is -2.36. The van der Waals surface area contributed by atoms with Crippen molar-refractivity contribution in [2.45, 2.75) is 38.6 Å². The van der Waals surface area contributed by atoms with Crippen LogP contribution in [0.25, 0.3) is 0 Å². The number of hydrogen-bond donors (Lipinski definition) is 0. The lowest BCUT2D eigenvalue weighted by Crippen LogP contribution is -2.47. The van der Waals surface area contributed by atoms with E-state index in [2.05, 4.69) is 26.9 Å². The zero-order valence-corrected chi connectivity index (χ0v) is 16.9. The van der Waals surface area contributed by atoms with Crippen molar-refractivity contribution >= 4 is 17.4 Å². The molecule has 1 atom stereocenters. The van der Waals surface area contributed by atoms with Crippen LogP contribution in [0.4, 0.5) is 15.9 Å². The summed E-state index contributed by atoms with van der Waals surface area (Å²) in [5.74, 6) is 0.562. The number of halogens is 1. The highest BCUT2D eigenvalue weighted by molar-refractivity contribution is 5.92. The van der Waals surface area contributed by atoms with E-state index in [1.807, 2.05) is 23.1 Å². The van der Waals surface area contributed by atoms with Gasteiger partial charge < -0.3 is 14.7 Å². The van der Waals surface area contributed by atoms with Crippen molar-refractivity contribution in [2.75, 3.05) is 42.5 Å². The maximum atomic E-state index is 14.0. The molecular weight excluding hydrogens is 369 g/mol. The highest BCUT2D eigenvalue weighted by atomic mass is 19.1. The van der Waals surface area contributed by atoms with Crippen LogP contribution in [-0.4, -0.2) is 59.8 Å². The molecule has 3 heterocycles. The predicted octanol–water partition coefficient (Wildman–Crippen LogP) is 3.35. The Morgan fingerprint density at radius 3 is 2.45 bits per heavy atom. The summed E-state index contributed by atoms with van der Waals surface area (Å²) < 4.78 is 14.0. The largest absolute Gasteiger partial charge is 0.366 e. The minimum Gasteiger partial charge on any atom is -0.366 e. The van der Waals surface area contributed by atoms with Gasteiger partial charge in [-0.3, -0.25) is 4.79 Å². The fourth-order valence-electron chi connectivity index (χ4n) is 4.33. The van der Waals surface area contributed by atoms with E-state index in [9.17, 15) is 9.18 Å². The van der Waals surface area contributed by atoms with Crippen molar-refractivity contribution in [1.82, 2.24) is 15.1 Å². The van der Waals surface area contributed by atoms with Gasteiger partial charge in [0.05, 0.1) is 5.69 Å². The average molecular weight is 397 g/mol. The van der Waals surface area contributed by atoms with Gasteiger partial charge in [-0.1, -0.05) is 19.1 Å². The molecule has 2 aliphatic heterocycles. The molecule has 1 amide bonds. The lowest BCUT2D eigenvalue weighted by atomic mass is 9.99. The first-order chi connectivity index (χ1) is 14.2. The van der Waals surface area contributed by atoms with E-state index < -0.39 is 0 Å². The number of para-hydroxylation sites is 1. The monoisotopic (exact) mass is 397 g/mol. The number of benzene rings is 1. The number of carbonyl (C=O) groups excluding carboxylic acids is 1. The minimum atomic E-state index is -0.188. The Morgan fingerprint density at radius 2 is 1.76 bits per heavy atom. The van der Waals surface area contributed by atoms with Crippen LogP contribution in [0, 0.1) is 5.82 Å². The molecule has 2 fully saturated rings. The van der Waals surface area contributed by atoms with Crippen molar-refractivity contribution in [3.05, 3.63) is 47.9 Å². The van der Waals surface area contributed by atoms with E-state index in [0.29, 0.717) is 17.4 Å². The highest BCUT2D eigenvalue weighted by Crippen LogP contribution is 2.23. The first-order valence-corrected chi connectivity index (χ1v) is 10.6. The van der Waals surface area contributed by atoms with E-state index in [4.69, 9.17) is 0 Å².